The average Bonchev–Trinajstić information content (AvgIpc) is 2.47. The number of carbonyl (C=O) groups excluding carboxylic acids is 1. The summed E-state index contributed by atoms with van der Waals surface area (Å²) in [6, 6.07) is 8.42. The van der Waals surface area contributed by atoms with Gasteiger partial charge < -0.3 is 5.32 Å². The Morgan fingerprint density at radius 3 is 2.69 bits per heavy atom. The third-order valence-corrected chi connectivity index (χ3v) is 3.20. The van der Waals surface area contributed by atoms with Crippen molar-refractivity contribution in [3.8, 4) is 0 Å². The van der Waals surface area contributed by atoms with E-state index in [1.54, 1.807) is 6.08 Å². The van der Waals surface area contributed by atoms with Crippen LogP contribution in [0.2, 0.25) is 0 Å². The molecule has 0 amide bonds. The van der Waals surface area contributed by atoms with Gasteiger partial charge in [0.15, 0.2) is 5.78 Å². The van der Waals surface area contributed by atoms with Crippen LogP contribution in [-0.4, -0.2) is 5.78 Å². The van der Waals surface area contributed by atoms with Crippen molar-refractivity contribution in [2.45, 2.75) is 19.4 Å². The van der Waals surface area contributed by atoms with Crippen molar-refractivity contribution in [3.05, 3.63) is 58.8 Å². The highest BCUT2D eigenvalue weighted by molar-refractivity contribution is 5.93. The van der Waals surface area contributed by atoms with Gasteiger partial charge >= 0.3 is 0 Å². The average molecular weight is 211 g/mol. The van der Waals surface area contributed by atoms with Gasteiger partial charge in [0.05, 0.1) is 0 Å². The molecule has 2 aliphatic rings. The maximum absolute atomic E-state index is 11.4. The van der Waals surface area contributed by atoms with Crippen LogP contribution >= 0.6 is 0 Å². The number of hydrogen-bond donors (Lipinski definition) is 1. The van der Waals surface area contributed by atoms with E-state index in [-0.39, 0.29) is 5.78 Å². The van der Waals surface area contributed by atoms with Crippen molar-refractivity contribution in [3.63, 3.8) is 0 Å². The van der Waals surface area contributed by atoms with E-state index in [9.17, 15) is 4.79 Å². The van der Waals surface area contributed by atoms with Crippen LogP contribution < -0.4 is 5.32 Å². The van der Waals surface area contributed by atoms with Crippen LogP contribution in [0.25, 0.3) is 0 Å². The molecule has 3 rings (SSSR count). The van der Waals surface area contributed by atoms with Crippen LogP contribution in [0, 0.1) is 0 Å². The first-order valence-electron chi connectivity index (χ1n) is 5.56. The highest BCUT2D eigenvalue weighted by Crippen LogP contribution is 2.25. The second-order valence-corrected chi connectivity index (χ2v) is 4.29. The van der Waals surface area contributed by atoms with Gasteiger partial charge in [-0.25, -0.2) is 0 Å². The second-order valence-electron chi connectivity index (χ2n) is 4.29. The fraction of sp³-hybridized carbons (Fsp3) is 0.214. The first-order valence-corrected chi connectivity index (χ1v) is 5.56. The van der Waals surface area contributed by atoms with Crippen LogP contribution in [0.1, 0.15) is 17.5 Å². The zero-order valence-electron chi connectivity index (χ0n) is 8.99. The van der Waals surface area contributed by atoms with E-state index in [0.29, 0.717) is 6.42 Å². The minimum atomic E-state index is 0.208. The molecule has 0 saturated heterocycles. The molecule has 2 heteroatoms. The molecule has 1 aliphatic heterocycles. The molecule has 0 saturated carbocycles. The van der Waals surface area contributed by atoms with Gasteiger partial charge in [0.2, 0.25) is 0 Å². The number of benzene rings is 1. The molecule has 0 bridgehead atoms. The minimum absolute atomic E-state index is 0.208. The Morgan fingerprint density at radius 1 is 1.00 bits per heavy atom. The highest BCUT2D eigenvalue weighted by Gasteiger charge is 2.18. The Morgan fingerprint density at radius 2 is 1.81 bits per heavy atom. The van der Waals surface area contributed by atoms with Crippen LogP contribution in [-0.2, 0) is 17.8 Å². The van der Waals surface area contributed by atoms with Crippen molar-refractivity contribution >= 4 is 5.78 Å². The number of hydrogen-bond acceptors (Lipinski definition) is 2. The summed E-state index contributed by atoms with van der Waals surface area (Å²) in [6.45, 7) is 0.855. The van der Waals surface area contributed by atoms with E-state index < -0.39 is 0 Å². The molecule has 16 heavy (non-hydrogen) atoms. The molecular formula is C14H13NO. The van der Waals surface area contributed by atoms with Gasteiger partial charge in [0, 0.05) is 18.7 Å². The lowest BCUT2D eigenvalue weighted by atomic mass is 9.94. The molecule has 0 fully saturated rings. The fourth-order valence-electron chi connectivity index (χ4n) is 2.32. The largest absolute Gasteiger partial charge is 0.381 e. The number of rotatable bonds is 0. The second kappa shape index (κ2) is 3.63. The molecule has 0 radical (unpaired) electrons. The summed E-state index contributed by atoms with van der Waals surface area (Å²) in [5.41, 5.74) is 5.02. The highest BCUT2D eigenvalue weighted by atomic mass is 16.1. The zero-order chi connectivity index (χ0) is 11.0. The van der Waals surface area contributed by atoms with E-state index in [1.807, 2.05) is 6.08 Å². The normalized spacial score (nSPS) is 18.6. The van der Waals surface area contributed by atoms with Crippen LogP contribution in [0.5, 0.6) is 0 Å². The van der Waals surface area contributed by atoms with Crippen LogP contribution in [0.3, 0.4) is 0 Å². The van der Waals surface area contributed by atoms with Crippen molar-refractivity contribution in [1.82, 2.24) is 5.32 Å². The lowest BCUT2D eigenvalue weighted by Crippen LogP contribution is -2.15. The molecule has 80 valence electrons. The zero-order valence-corrected chi connectivity index (χ0v) is 8.99. The topological polar surface area (TPSA) is 29.1 Å². The van der Waals surface area contributed by atoms with Gasteiger partial charge in [0.25, 0.3) is 0 Å². The van der Waals surface area contributed by atoms with Gasteiger partial charge in [-0.2, -0.15) is 0 Å². The first-order chi connectivity index (χ1) is 7.83. The molecule has 1 aliphatic carbocycles. The molecule has 0 aromatic heterocycles. The summed E-state index contributed by atoms with van der Waals surface area (Å²) in [4.78, 5) is 11.4. The van der Waals surface area contributed by atoms with Gasteiger partial charge in [-0.1, -0.05) is 24.3 Å². The number of fused-ring (bicyclic) bond motifs is 1. The van der Waals surface area contributed by atoms with E-state index in [1.165, 1.54) is 16.7 Å². The fourth-order valence-corrected chi connectivity index (χ4v) is 2.32. The lowest BCUT2D eigenvalue weighted by Gasteiger charge is -2.13. The Kier molecular flexibility index (Phi) is 2.13. The maximum atomic E-state index is 11.4. The Balaban J connectivity index is 2.00. The van der Waals surface area contributed by atoms with E-state index in [2.05, 4.69) is 29.6 Å². The Hall–Kier alpha value is -1.83. The molecule has 1 N–H and O–H groups in total. The predicted molar refractivity (Wildman–Crippen MR) is 62.8 cm³/mol. The van der Waals surface area contributed by atoms with Crippen molar-refractivity contribution < 1.29 is 4.79 Å². The molecule has 1 heterocycles. The van der Waals surface area contributed by atoms with E-state index in [4.69, 9.17) is 0 Å². The van der Waals surface area contributed by atoms with Crippen molar-refractivity contribution in [1.29, 1.82) is 0 Å². The van der Waals surface area contributed by atoms with E-state index in [0.717, 1.165) is 18.7 Å². The molecule has 1 aromatic rings. The predicted octanol–water partition coefficient (Wildman–Crippen LogP) is 2.12. The van der Waals surface area contributed by atoms with Crippen molar-refractivity contribution in [2.24, 2.45) is 0 Å². The summed E-state index contributed by atoms with van der Waals surface area (Å²) >= 11 is 0. The van der Waals surface area contributed by atoms with Crippen LogP contribution in [0.15, 0.2) is 47.7 Å². The molecule has 2 nitrogen and oxygen atoms in total. The maximum Gasteiger partial charge on any atom is 0.159 e. The molecular weight excluding hydrogens is 198 g/mol. The molecule has 0 atom stereocenters. The van der Waals surface area contributed by atoms with Gasteiger partial charge in [-0.3, -0.25) is 4.79 Å². The summed E-state index contributed by atoms with van der Waals surface area (Å²) in [5, 5.41) is 3.40. The quantitative estimate of drug-likeness (QED) is 0.712. The summed E-state index contributed by atoms with van der Waals surface area (Å²) in [7, 11) is 0. The summed E-state index contributed by atoms with van der Waals surface area (Å²) in [6.07, 6.45) is 5.04. The summed E-state index contributed by atoms with van der Waals surface area (Å²) < 4.78 is 0. The van der Waals surface area contributed by atoms with Crippen molar-refractivity contribution in [2.75, 3.05) is 0 Å². The molecule has 0 spiro atoms. The Labute approximate surface area is 94.7 Å². The third kappa shape index (κ3) is 1.56. The number of carbonyl (C=O) groups is 1. The smallest absolute Gasteiger partial charge is 0.159 e. The lowest BCUT2D eigenvalue weighted by molar-refractivity contribution is -0.114. The van der Waals surface area contributed by atoms with Gasteiger partial charge in [0.1, 0.15) is 0 Å². The van der Waals surface area contributed by atoms with Gasteiger partial charge in [-0.05, 0) is 35.3 Å². The SMILES string of the molecule is O=C1C=CC2=C(C1)Cc1ccccc1CN2. The third-order valence-electron chi connectivity index (χ3n) is 3.20. The number of nitrogens with one attached hydrogen (secondary N) is 1. The Bertz CT molecular complexity index is 511. The standard InChI is InChI=1S/C14H13NO/c16-13-5-6-14-12(8-13)7-10-3-1-2-4-11(10)9-15-14/h1-6,15H,7-9H2. The molecule has 1 aromatic carbocycles. The summed E-state index contributed by atoms with van der Waals surface area (Å²) in [5.74, 6) is 0.208. The minimum Gasteiger partial charge on any atom is -0.381 e. The number of allylic oxidation sites excluding steroid dienone is 3. The monoisotopic (exact) mass is 211 g/mol. The van der Waals surface area contributed by atoms with E-state index >= 15 is 0 Å². The number of ketones is 1. The van der Waals surface area contributed by atoms with Crippen LogP contribution in [0.4, 0.5) is 0 Å². The first kappa shape index (κ1) is 9.40. The van der Waals surface area contributed by atoms with Gasteiger partial charge in [-0.15, -0.1) is 0 Å². The molecule has 0 unspecified atom stereocenters.